The number of hydrogen-bond donors (Lipinski definition) is 2. The molecule has 1 aliphatic heterocycles. The minimum absolute atomic E-state index is 0.101. The molecule has 1 saturated heterocycles. The lowest BCUT2D eigenvalue weighted by molar-refractivity contribution is -0.123. The number of hydrogen-bond acceptors (Lipinski definition) is 6. The maximum atomic E-state index is 13.9. The minimum Gasteiger partial charge on any atom is -0.483 e. The highest BCUT2D eigenvalue weighted by atomic mass is 16.3. The molecule has 1 fully saturated rings. The number of allylic oxidation sites excluding steroid dienone is 1. The normalized spacial score (nSPS) is 18.7. The van der Waals surface area contributed by atoms with Gasteiger partial charge in [-0.1, -0.05) is 45.0 Å². The number of aromatic nitrogens is 2. The van der Waals surface area contributed by atoms with Gasteiger partial charge in [-0.3, -0.25) is 19.4 Å². The Kier molecular flexibility index (Phi) is 11.5. The number of piperidine rings is 1. The lowest BCUT2D eigenvalue weighted by atomic mass is 9.71. The fraction of sp³-hybridized carbons (Fsp3) is 0.500. The van der Waals surface area contributed by atoms with Crippen molar-refractivity contribution in [1.29, 1.82) is 0 Å². The summed E-state index contributed by atoms with van der Waals surface area (Å²) in [6.07, 6.45) is 11.7. The van der Waals surface area contributed by atoms with Gasteiger partial charge in [0.2, 0.25) is 5.56 Å². The van der Waals surface area contributed by atoms with Gasteiger partial charge in [-0.2, -0.15) is 0 Å². The quantitative estimate of drug-likeness (QED) is 0.258. The molecule has 0 saturated carbocycles. The predicted octanol–water partition coefficient (Wildman–Crippen LogP) is 6.39. The van der Waals surface area contributed by atoms with Crippen LogP contribution in [-0.2, 0) is 28.9 Å². The number of benzene rings is 1. The number of nitrogens with one attached hydrogen (secondary N) is 1. The Morgan fingerprint density at radius 2 is 1.75 bits per heavy atom. The largest absolute Gasteiger partial charge is 0.483 e. The molecule has 2 aliphatic carbocycles. The maximum absolute atomic E-state index is 13.9. The topological polar surface area (TPSA) is 107 Å². The Hall–Kier alpha value is -3.88. The van der Waals surface area contributed by atoms with E-state index in [1.54, 1.807) is 12.3 Å². The molecule has 2 atom stereocenters. The number of fused-ring (bicyclic) bond motifs is 2. The summed E-state index contributed by atoms with van der Waals surface area (Å²) in [6.45, 7) is 10.0. The number of ketones is 1. The summed E-state index contributed by atoms with van der Waals surface area (Å²) in [5, 5.41) is 6.89. The molecule has 0 unspecified atom stereocenters. The number of H-pyrrole nitrogens is 1. The molecule has 0 bridgehead atoms. The SMILES string of the molecule is CN(C)C1CCN(CC[C@@H](CC(=O)C2=Cc3cc4c(nc3C2)CC[C@H](C(C)(C)C)C4)c2ccc(-c3ccc(=O)[nH]c3)cc2)CC1.O=CO. The summed E-state index contributed by atoms with van der Waals surface area (Å²) < 4.78 is 0. The highest BCUT2D eigenvalue weighted by molar-refractivity contribution is 6.02. The number of pyridine rings is 2. The Morgan fingerprint density at radius 3 is 2.38 bits per heavy atom. The van der Waals surface area contributed by atoms with Crippen molar-refractivity contribution in [2.45, 2.75) is 84.1 Å². The average Bonchev–Trinajstić information content (AvgIpc) is 3.49. The first-order chi connectivity index (χ1) is 22.9. The Balaban J connectivity index is 0.00000145. The number of likely N-dealkylation sites (tertiary alicyclic amines) is 1. The second kappa shape index (κ2) is 15.6. The summed E-state index contributed by atoms with van der Waals surface area (Å²) >= 11 is 0. The summed E-state index contributed by atoms with van der Waals surface area (Å²) in [4.78, 5) is 46.7. The molecule has 0 amide bonds. The van der Waals surface area contributed by atoms with Crippen LogP contribution in [-0.4, -0.2) is 76.9 Å². The zero-order chi connectivity index (χ0) is 34.4. The fourth-order valence-electron chi connectivity index (χ4n) is 7.61. The molecule has 256 valence electrons. The van der Waals surface area contributed by atoms with Crippen LogP contribution in [0, 0.1) is 11.3 Å². The van der Waals surface area contributed by atoms with Crippen molar-refractivity contribution in [2.24, 2.45) is 11.3 Å². The van der Waals surface area contributed by atoms with E-state index in [2.05, 4.69) is 86.1 Å². The van der Waals surface area contributed by atoms with E-state index < -0.39 is 0 Å². The van der Waals surface area contributed by atoms with Gasteiger partial charge in [0.25, 0.3) is 6.47 Å². The number of carbonyl (C=O) groups excluding carboxylic acids is 1. The van der Waals surface area contributed by atoms with Crippen molar-refractivity contribution < 1.29 is 14.7 Å². The van der Waals surface area contributed by atoms with Gasteiger partial charge in [-0.15, -0.1) is 0 Å². The van der Waals surface area contributed by atoms with E-state index >= 15 is 0 Å². The highest BCUT2D eigenvalue weighted by Crippen LogP contribution is 2.39. The van der Waals surface area contributed by atoms with E-state index in [0.717, 1.165) is 66.9 Å². The monoisotopic (exact) mass is 652 g/mol. The van der Waals surface area contributed by atoms with Gasteiger partial charge in [0.15, 0.2) is 5.78 Å². The molecule has 1 aromatic carbocycles. The summed E-state index contributed by atoms with van der Waals surface area (Å²) in [7, 11) is 4.37. The van der Waals surface area contributed by atoms with Gasteiger partial charge >= 0.3 is 0 Å². The van der Waals surface area contributed by atoms with E-state index in [9.17, 15) is 9.59 Å². The van der Waals surface area contributed by atoms with Crippen molar-refractivity contribution in [3.8, 4) is 11.1 Å². The number of carbonyl (C=O) groups is 2. The molecule has 8 nitrogen and oxygen atoms in total. The second-order valence-electron chi connectivity index (χ2n) is 15.1. The average molecular weight is 653 g/mol. The van der Waals surface area contributed by atoms with Crippen molar-refractivity contribution in [3.05, 3.63) is 92.7 Å². The van der Waals surface area contributed by atoms with E-state index in [1.807, 2.05) is 6.07 Å². The predicted molar refractivity (Wildman–Crippen MR) is 192 cm³/mol. The van der Waals surface area contributed by atoms with Crippen LogP contribution in [0.25, 0.3) is 17.2 Å². The van der Waals surface area contributed by atoms with Crippen molar-refractivity contribution in [1.82, 2.24) is 19.8 Å². The smallest absolute Gasteiger partial charge is 0.290 e. The van der Waals surface area contributed by atoms with Crippen molar-refractivity contribution in [2.75, 3.05) is 33.7 Å². The summed E-state index contributed by atoms with van der Waals surface area (Å²) in [6, 6.07) is 15.0. The number of nitrogens with zero attached hydrogens (tertiary/aromatic N) is 3. The Labute approximate surface area is 285 Å². The number of rotatable bonds is 9. The van der Waals surface area contributed by atoms with Crippen LogP contribution in [0.3, 0.4) is 0 Å². The molecule has 2 N–H and O–H groups in total. The molecule has 3 aromatic rings. The first-order valence-electron chi connectivity index (χ1n) is 17.5. The van der Waals surface area contributed by atoms with Crippen LogP contribution in [0.1, 0.15) is 86.9 Å². The van der Waals surface area contributed by atoms with E-state index in [1.165, 1.54) is 36.1 Å². The minimum atomic E-state index is -0.250. The lowest BCUT2D eigenvalue weighted by Crippen LogP contribution is -2.42. The van der Waals surface area contributed by atoms with Gasteiger partial charge in [-0.25, -0.2) is 0 Å². The van der Waals surface area contributed by atoms with Crippen LogP contribution in [0.15, 0.2) is 59.0 Å². The second-order valence-corrected chi connectivity index (χ2v) is 15.1. The molecular weight excluding hydrogens is 600 g/mol. The van der Waals surface area contributed by atoms with Gasteiger partial charge in [-0.05, 0) is 136 Å². The van der Waals surface area contributed by atoms with E-state index in [4.69, 9.17) is 14.9 Å². The molecule has 8 heteroatoms. The van der Waals surface area contributed by atoms with Gasteiger partial charge in [0.1, 0.15) is 0 Å². The third-order valence-corrected chi connectivity index (χ3v) is 10.8. The first-order valence-corrected chi connectivity index (χ1v) is 17.5. The summed E-state index contributed by atoms with van der Waals surface area (Å²) in [5.74, 6) is 1.06. The number of aryl methyl sites for hydroxylation is 1. The molecular formula is C40H52N4O4. The Bertz CT molecular complexity index is 1640. The van der Waals surface area contributed by atoms with E-state index in [0.29, 0.717) is 30.2 Å². The molecule has 0 radical (unpaired) electrons. The highest BCUT2D eigenvalue weighted by Gasteiger charge is 2.31. The molecule has 2 aromatic heterocycles. The molecule has 0 spiro atoms. The number of carboxylic acid groups (broad SMARTS) is 1. The maximum Gasteiger partial charge on any atom is 0.290 e. The van der Waals surface area contributed by atoms with Crippen molar-refractivity contribution in [3.63, 3.8) is 0 Å². The van der Waals surface area contributed by atoms with E-state index in [-0.39, 0.29) is 23.7 Å². The molecule has 3 aliphatic rings. The number of aromatic amines is 1. The Morgan fingerprint density at radius 1 is 1.06 bits per heavy atom. The zero-order valence-electron chi connectivity index (χ0n) is 29.3. The first kappa shape index (κ1) is 35.4. The van der Waals surface area contributed by atoms with Crippen LogP contribution in [0.5, 0.6) is 0 Å². The number of Topliss-reactive ketones (excluding diaryl/α,β-unsaturated/α-hetero) is 1. The van der Waals surface area contributed by atoms with Crippen LogP contribution in [0.4, 0.5) is 0 Å². The molecule has 6 rings (SSSR count). The van der Waals surface area contributed by atoms with Gasteiger partial charge in [0, 0.05) is 42.4 Å². The third kappa shape index (κ3) is 8.77. The molecule has 3 heterocycles. The van der Waals surface area contributed by atoms with Crippen molar-refractivity contribution >= 4 is 18.3 Å². The fourth-order valence-corrected chi connectivity index (χ4v) is 7.61. The standard InChI is InChI=1S/C39H50N4O2.CH2O2/c1-39(2,3)33-11-12-35-31(22-33)20-30-21-32(23-36(30)41-35)37(44)24-28(14-17-43-18-15-34(16-19-43)42(4)5)26-6-8-27(9-7-26)29-10-13-38(45)40-25-29;2-1-3/h6-10,13,20-21,25,28,33-34H,11-12,14-19,22-24H2,1-5H3,(H,40,45);1H,(H,2,3)/t28-,33-;/m0./s1. The summed E-state index contributed by atoms with van der Waals surface area (Å²) in [5.41, 5.74) is 9.21. The lowest BCUT2D eigenvalue weighted by Gasteiger charge is -2.35. The van der Waals surface area contributed by atoms with Gasteiger partial charge in [0.05, 0.1) is 5.69 Å². The van der Waals surface area contributed by atoms with Crippen LogP contribution >= 0.6 is 0 Å². The third-order valence-electron chi connectivity index (χ3n) is 10.8. The van der Waals surface area contributed by atoms with Crippen LogP contribution < -0.4 is 5.56 Å². The zero-order valence-corrected chi connectivity index (χ0v) is 29.3. The molecule has 48 heavy (non-hydrogen) atoms. The van der Waals surface area contributed by atoms with Crippen LogP contribution in [0.2, 0.25) is 0 Å². The van der Waals surface area contributed by atoms with Gasteiger partial charge < -0.3 is 19.9 Å².